The minimum atomic E-state index is -1.89. The summed E-state index contributed by atoms with van der Waals surface area (Å²) in [4.78, 5) is 11.9. The Morgan fingerprint density at radius 1 is 1.20 bits per heavy atom. The van der Waals surface area contributed by atoms with E-state index in [2.05, 4.69) is 63.3 Å². The molecule has 1 aromatic carbocycles. The second kappa shape index (κ2) is 9.64. The quantitative estimate of drug-likeness (QED) is 0.585. The predicted molar refractivity (Wildman–Crippen MR) is 122 cm³/mol. The van der Waals surface area contributed by atoms with Crippen LogP contribution in [0.2, 0.25) is 18.1 Å². The van der Waals surface area contributed by atoms with Crippen molar-refractivity contribution < 1.29 is 14.0 Å². The highest BCUT2D eigenvalue weighted by molar-refractivity contribution is 6.74. The summed E-state index contributed by atoms with van der Waals surface area (Å²) in [7, 11) is -0.0970. The molecule has 0 unspecified atom stereocenters. The number of aryl methyl sites for hydroxylation is 1. The molecule has 1 aromatic heterocycles. The van der Waals surface area contributed by atoms with Crippen LogP contribution in [0.1, 0.15) is 46.7 Å². The van der Waals surface area contributed by atoms with Crippen LogP contribution >= 0.6 is 0 Å². The lowest BCUT2D eigenvalue weighted by Crippen LogP contribution is -2.43. The molecule has 1 amide bonds. The molecule has 1 N–H and O–H groups in total. The predicted octanol–water partition coefficient (Wildman–Crippen LogP) is 5.14. The highest BCUT2D eigenvalue weighted by atomic mass is 28.4. The number of nitrogens with zero attached hydrogens (tertiary/aromatic N) is 3. The molecule has 30 heavy (non-hydrogen) atoms. The molecule has 0 bridgehead atoms. The number of rotatable bonds is 8. The van der Waals surface area contributed by atoms with E-state index in [1.807, 2.05) is 24.3 Å². The Hall–Kier alpha value is -2.35. The molecule has 8 heteroatoms. The molecule has 0 spiro atoms. The molecule has 0 saturated heterocycles. The number of carbonyl (C=O) groups excluding carboxylic acids is 1. The summed E-state index contributed by atoms with van der Waals surface area (Å²) in [5.41, 5.74) is 2.35. The standard InChI is InChI=1S/C22H36N4O3Si/c1-16(2)13-14-23-21(27)28-15-19-20(24-25-26(19)6)17-9-11-18(12-10-17)29-30(7,8)22(3,4)5/h9-12,16H,13-15H2,1-8H3,(H,23,27). The van der Waals surface area contributed by atoms with Gasteiger partial charge in [-0.15, -0.1) is 5.10 Å². The Kier molecular flexibility index (Phi) is 7.68. The fourth-order valence-corrected chi connectivity index (χ4v) is 3.57. The van der Waals surface area contributed by atoms with Crippen molar-refractivity contribution in [2.45, 2.75) is 65.8 Å². The van der Waals surface area contributed by atoms with Crippen LogP contribution in [-0.4, -0.2) is 35.9 Å². The van der Waals surface area contributed by atoms with Crippen LogP contribution in [0, 0.1) is 5.92 Å². The molecule has 0 aliphatic carbocycles. The van der Waals surface area contributed by atoms with Crippen molar-refractivity contribution in [3.05, 3.63) is 30.0 Å². The maximum absolute atomic E-state index is 11.9. The van der Waals surface area contributed by atoms with Crippen molar-refractivity contribution in [3.63, 3.8) is 0 Å². The van der Waals surface area contributed by atoms with Gasteiger partial charge in [0.1, 0.15) is 23.7 Å². The van der Waals surface area contributed by atoms with E-state index in [4.69, 9.17) is 9.16 Å². The van der Waals surface area contributed by atoms with Crippen LogP contribution in [0.3, 0.4) is 0 Å². The fraction of sp³-hybridized carbons (Fsp3) is 0.591. The maximum Gasteiger partial charge on any atom is 0.407 e. The van der Waals surface area contributed by atoms with Gasteiger partial charge in [0.2, 0.25) is 8.32 Å². The van der Waals surface area contributed by atoms with Crippen LogP contribution in [0.5, 0.6) is 5.75 Å². The Morgan fingerprint density at radius 2 is 1.83 bits per heavy atom. The van der Waals surface area contributed by atoms with Crippen LogP contribution in [0.4, 0.5) is 4.79 Å². The molecule has 0 fully saturated rings. The fourth-order valence-electron chi connectivity index (χ4n) is 2.54. The zero-order chi connectivity index (χ0) is 22.5. The lowest BCUT2D eigenvalue weighted by atomic mass is 10.1. The highest BCUT2D eigenvalue weighted by Crippen LogP contribution is 2.37. The number of nitrogens with one attached hydrogen (secondary N) is 1. The summed E-state index contributed by atoms with van der Waals surface area (Å²) >= 11 is 0. The molecule has 7 nitrogen and oxygen atoms in total. The van der Waals surface area contributed by atoms with Gasteiger partial charge in [-0.25, -0.2) is 9.48 Å². The summed E-state index contributed by atoms with van der Waals surface area (Å²) in [5.74, 6) is 1.39. The van der Waals surface area contributed by atoms with Crippen molar-refractivity contribution in [3.8, 4) is 17.0 Å². The lowest BCUT2D eigenvalue weighted by molar-refractivity contribution is 0.136. The van der Waals surface area contributed by atoms with Gasteiger partial charge in [-0.3, -0.25) is 0 Å². The number of carbonyl (C=O) groups is 1. The molecule has 0 atom stereocenters. The highest BCUT2D eigenvalue weighted by Gasteiger charge is 2.38. The number of hydrogen-bond acceptors (Lipinski definition) is 5. The number of alkyl carbamates (subject to hydrolysis) is 1. The summed E-state index contributed by atoms with van der Waals surface area (Å²) in [5, 5.41) is 11.3. The van der Waals surface area contributed by atoms with Gasteiger partial charge < -0.3 is 14.5 Å². The molecule has 0 aliphatic heterocycles. The van der Waals surface area contributed by atoms with Crippen molar-refractivity contribution in [1.82, 2.24) is 20.3 Å². The monoisotopic (exact) mass is 432 g/mol. The first-order chi connectivity index (χ1) is 13.9. The van der Waals surface area contributed by atoms with E-state index in [9.17, 15) is 4.79 Å². The topological polar surface area (TPSA) is 78.3 Å². The molecule has 166 valence electrons. The molecular weight excluding hydrogens is 396 g/mol. The minimum Gasteiger partial charge on any atom is -0.544 e. The molecule has 0 radical (unpaired) electrons. The van der Waals surface area contributed by atoms with Crippen molar-refractivity contribution >= 4 is 14.4 Å². The molecule has 2 rings (SSSR count). The largest absolute Gasteiger partial charge is 0.544 e. The van der Waals surface area contributed by atoms with Crippen molar-refractivity contribution in [1.29, 1.82) is 0 Å². The second-order valence-corrected chi connectivity index (χ2v) is 14.3. The average Bonchev–Trinajstić information content (AvgIpc) is 2.99. The van der Waals surface area contributed by atoms with Crippen LogP contribution in [-0.2, 0) is 18.4 Å². The molecular formula is C22H36N4O3Si. The van der Waals surface area contributed by atoms with E-state index >= 15 is 0 Å². The first kappa shape index (κ1) is 23.9. The van der Waals surface area contributed by atoms with E-state index in [0.29, 0.717) is 18.2 Å². The Balaban J connectivity index is 2.06. The molecule has 0 aliphatic rings. The maximum atomic E-state index is 11.9. The van der Waals surface area contributed by atoms with E-state index in [-0.39, 0.29) is 11.6 Å². The number of hydrogen-bond donors (Lipinski definition) is 1. The van der Waals surface area contributed by atoms with Gasteiger partial charge in [0.05, 0.1) is 0 Å². The number of amides is 1. The van der Waals surface area contributed by atoms with E-state index in [0.717, 1.165) is 23.4 Å². The van der Waals surface area contributed by atoms with Gasteiger partial charge >= 0.3 is 6.09 Å². The van der Waals surface area contributed by atoms with Crippen molar-refractivity contribution in [2.24, 2.45) is 13.0 Å². The van der Waals surface area contributed by atoms with Crippen molar-refractivity contribution in [2.75, 3.05) is 6.54 Å². The summed E-state index contributed by atoms with van der Waals surface area (Å²) in [6.45, 7) is 16.1. The first-order valence-corrected chi connectivity index (χ1v) is 13.4. The molecule has 2 aromatic rings. The third kappa shape index (κ3) is 6.32. The normalized spacial score (nSPS) is 12.2. The zero-order valence-corrected chi connectivity index (χ0v) is 20.6. The van der Waals surface area contributed by atoms with Crippen LogP contribution < -0.4 is 9.74 Å². The van der Waals surface area contributed by atoms with Gasteiger partial charge in [-0.2, -0.15) is 0 Å². The van der Waals surface area contributed by atoms with Gasteiger partial charge in [0, 0.05) is 19.2 Å². The SMILES string of the molecule is CC(C)CCNC(=O)OCc1c(-c2ccc(O[Si](C)(C)C(C)(C)C)cc2)nnn1C. The third-order valence-electron chi connectivity index (χ3n) is 5.58. The zero-order valence-electron chi connectivity index (χ0n) is 19.6. The molecule has 1 heterocycles. The third-order valence-corrected chi connectivity index (χ3v) is 9.94. The Labute approximate surface area is 181 Å². The summed E-state index contributed by atoms with van der Waals surface area (Å²) < 4.78 is 13.3. The van der Waals surface area contributed by atoms with E-state index in [1.54, 1.807) is 11.7 Å². The molecule has 0 saturated carbocycles. The number of ether oxygens (including phenoxy) is 1. The van der Waals surface area contributed by atoms with E-state index in [1.165, 1.54) is 0 Å². The first-order valence-electron chi connectivity index (χ1n) is 10.5. The lowest BCUT2D eigenvalue weighted by Gasteiger charge is -2.36. The van der Waals surface area contributed by atoms with Gasteiger partial charge in [-0.05, 0) is 54.7 Å². The minimum absolute atomic E-state index is 0.106. The summed E-state index contributed by atoms with van der Waals surface area (Å²) in [6, 6.07) is 7.87. The Morgan fingerprint density at radius 3 is 2.40 bits per heavy atom. The Bertz CT molecular complexity index is 839. The van der Waals surface area contributed by atoms with Gasteiger partial charge in [0.25, 0.3) is 0 Å². The van der Waals surface area contributed by atoms with Crippen LogP contribution in [0.25, 0.3) is 11.3 Å². The second-order valence-electron chi connectivity index (χ2n) is 9.58. The summed E-state index contributed by atoms with van der Waals surface area (Å²) in [6.07, 6.45) is 0.484. The number of aromatic nitrogens is 3. The van der Waals surface area contributed by atoms with Gasteiger partial charge in [-0.1, -0.05) is 39.8 Å². The van der Waals surface area contributed by atoms with Gasteiger partial charge in [0.15, 0.2) is 0 Å². The van der Waals surface area contributed by atoms with Crippen LogP contribution in [0.15, 0.2) is 24.3 Å². The smallest absolute Gasteiger partial charge is 0.407 e. The number of benzene rings is 1. The average molecular weight is 433 g/mol. The van der Waals surface area contributed by atoms with E-state index < -0.39 is 14.4 Å².